The molecule has 23 heavy (non-hydrogen) atoms. The highest BCUT2D eigenvalue weighted by molar-refractivity contribution is 9.10. The van der Waals surface area contributed by atoms with Gasteiger partial charge in [0.05, 0.1) is 12.6 Å². The summed E-state index contributed by atoms with van der Waals surface area (Å²) in [4.78, 5) is 4.21. The third kappa shape index (κ3) is 5.90. The van der Waals surface area contributed by atoms with Crippen LogP contribution in [0.5, 0.6) is 5.75 Å². The third-order valence-corrected chi connectivity index (χ3v) is 3.31. The molecule has 0 heterocycles. The van der Waals surface area contributed by atoms with Gasteiger partial charge in [0.15, 0.2) is 5.96 Å². The Labute approximate surface area is 143 Å². The molecule has 0 aromatic heterocycles. The largest absolute Gasteiger partial charge is 0.491 e. The van der Waals surface area contributed by atoms with Gasteiger partial charge in [0, 0.05) is 10.2 Å². The normalized spacial score (nSPS) is 11.6. The van der Waals surface area contributed by atoms with Gasteiger partial charge in [0.25, 0.3) is 0 Å². The van der Waals surface area contributed by atoms with E-state index in [0.717, 1.165) is 17.0 Å². The molecule has 0 radical (unpaired) electrons. The van der Waals surface area contributed by atoms with Crippen molar-refractivity contribution in [3.63, 3.8) is 0 Å². The van der Waals surface area contributed by atoms with Crippen molar-refractivity contribution in [1.29, 1.82) is 0 Å². The standard InChI is InChI=1S/C17H19BrFN3O/c1-11(2)23-16-5-3-15(4-6-16)22-17(20)21-10-12-7-13(18)9-14(19)8-12/h3-9,11H,10H2,1-2H3,(H3,20,21,22). The third-order valence-electron chi connectivity index (χ3n) is 2.85. The van der Waals surface area contributed by atoms with Crippen LogP contribution in [0.2, 0.25) is 0 Å². The Bertz CT molecular complexity index is 666. The van der Waals surface area contributed by atoms with Crippen LogP contribution in [0.4, 0.5) is 10.1 Å². The van der Waals surface area contributed by atoms with Crippen LogP contribution in [-0.2, 0) is 6.54 Å². The topological polar surface area (TPSA) is 59.6 Å². The number of anilines is 1. The number of nitrogens with zero attached hydrogens (tertiary/aromatic N) is 1. The predicted octanol–water partition coefficient (Wildman–Crippen LogP) is 4.30. The summed E-state index contributed by atoms with van der Waals surface area (Å²) in [5, 5.41) is 2.99. The fourth-order valence-electron chi connectivity index (χ4n) is 1.96. The van der Waals surface area contributed by atoms with Gasteiger partial charge in [-0.15, -0.1) is 0 Å². The quantitative estimate of drug-likeness (QED) is 0.601. The van der Waals surface area contributed by atoms with Gasteiger partial charge in [-0.05, 0) is 61.9 Å². The smallest absolute Gasteiger partial charge is 0.193 e. The molecule has 0 bridgehead atoms. The second-order valence-corrected chi connectivity index (χ2v) is 6.21. The van der Waals surface area contributed by atoms with Crippen LogP contribution in [-0.4, -0.2) is 12.1 Å². The van der Waals surface area contributed by atoms with Crippen LogP contribution in [0.25, 0.3) is 0 Å². The van der Waals surface area contributed by atoms with Gasteiger partial charge >= 0.3 is 0 Å². The van der Waals surface area contributed by atoms with Crippen LogP contribution in [0.3, 0.4) is 0 Å². The van der Waals surface area contributed by atoms with E-state index in [4.69, 9.17) is 10.5 Å². The van der Waals surface area contributed by atoms with E-state index >= 15 is 0 Å². The summed E-state index contributed by atoms with van der Waals surface area (Å²) in [6, 6.07) is 12.1. The Morgan fingerprint density at radius 1 is 1.26 bits per heavy atom. The maximum Gasteiger partial charge on any atom is 0.193 e. The first kappa shape index (κ1) is 17.3. The zero-order valence-electron chi connectivity index (χ0n) is 13.0. The molecular weight excluding hydrogens is 361 g/mol. The van der Waals surface area contributed by atoms with E-state index in [1.165, 1.54) is 12.1 Å². The first-order valence-corrected chi connectivity index (χ1v) is 8.00. The lowest BCUT2D eigenvalue weighted by atomic mass is 10.2. The number of hydrogen-bond acceptors (Lipinski definition) is 2. The number of halogens is 2. The number of benzene rings is 2. The Morgan fingerprint density at radius 3 is 2.57 bits per heavy atom. The van der Waals surface area contributed by atoms with Crippen molar-refractivity contribution < 1.29 is 9.13 Å². The first-order valence-electron chi connectivity index (χ1n) is 7.21. The molecule has 0 saturated carbocycles. The Hall–Kier alpha value is -2.08. The second kappa shape index (κ2) is 7.97. The van der Waals surface area contributed by atoms with E-state index in [2.05, 4.69) is 26.2 Å². The average molecular weight is 380 g/mol. The summed E-state index contributed by atoms with van der Waals surface area (Å²) in [5.74, 6) is 0.755. The van der Waals surface area contributed by atoms with Crippen molar-refractivity contribution in [2.45, 2.75) is 26.5 Å². The van der Waals surface area contributed by atoms with E-state index in [-0.39, 0.29) is 17.9 Å². The molecule has 0 unspecified atom stereocenters. The van der Waals surface area contributed by atoms with Gasteiger partial charge in [-0.2, -0.15) is 0 Å². The van der Waals surface area contributed by atoms with Crippen LogP contribution in [0.15, 0.2) is 51.9 Å². The van der Waals surface area contributed by atoms with E-state index in [1.54, 1.807) is 6.07 Å². The van der Waals surface area contributed by atoms with Gasteiger partial charge in [0.1, 0.15) is 11.6 Å². The number of nitrogens with two attached hydrogens (primary N) is 1. The summed E-state index contributed by atoms with van der Waals surface area (Å²) in [7, 11) is 0. The minimum absolute atomic E-state index is 0.131. The lowest BCUT2D eigenvalue weighted by Gasteiger charge is -2.11. The van der Waals surface area contributed by atoms with Crippen molar-refractivity contribution in [2.24, 2.45) is 10.7 Å². The molecule has 0 amide bonds. The fourth-order valence-corrected chi connectivity index (χ4v) is 2.47. The molecule has 2 aromatic rings. The average Bonchev–Trinajstić information content (AvgIpc) is 2.46. The molecule has 0 aliphatic heterocycles. The molecule has 122 valence electrons. The molecule has 0 atom stereocenters. The number of guanidine groups is 1. The molecule has 0 spiro atoms. The van der Waals surface area contributed by atoms with Crippen LogP contribution < -0.4 is 15.8 Å². The molecule has 2 rings (SSSR count). The fraction of sp³-hybridized carbons (Fsp3) is 0.235. The summed E-state index contributed by atoms with van der Waals surface area (Å²) < 4.78 is 19.5. The first-order chi connectivity index (χ1) is 10.9. The molecule has 0 aliphatic rings. The molecule has 4 nitrogen and oxygen atoms in total. The number of hydrogen-bond donors (Lipinski definition) is 2. The summed E-state index contributed by atoms with van der Waals surface area (Å²) >= 11 is 3.25. The molecule has 2 aromatic carbocycles. The Morgan fingerprint density at radius 2 is 1.96 bits per heavy atom. The van der Waals surface area contributed by atoms with Gasteiger partial charge in [-0.25, -0.2) is 9.38 Å². The van der Waals surface area contributed by atoms with Gasteiger partial charge in [-0.1, -0.05) is 15.9 Å². The molecule has 6 heteroatoms. The predicted molar refractivity (Wildman–Crippen MR) is 95.3 cm³/mol. The zero-order valence-corrected chi connectivity index (χ0v) is 14.6. The van der Waals surface area contributed by atoms with Gasteiger partial charge in [0.2, 0.25) is 0 Å². The summed E-state index contributed by atoms with van der Waals surface area (Å²) in [6.45, 7) is 4.24. The van der Waals surface area contributed by atoms with Crippen LogP contribution in [0.1, 0.15) is 19.4 Å². The zero-order chi connectivity index (χ0) is 16.8. The second-order valence-electron chi connectivity index (χ2n) is 5.30. The highest BCUT2D eigenvalue weighted by Crippen LogP contribution is 2.17. The minimum atomic E-state index is -0.308. The van der Waals surface area contributed by atoms with Crippen molar-refractivity contribution in [2.75, 3.05) is 5.32 Å². The highest BCUT2D eigenvalue weighted by atomic mass is 79.9. The van der Waals surface area contributed by atoms with Crippen molar-refractivity contribution in [3.05, 3.63) is 58.3 Å². The monoisotopic (exact) mass is 379 g/mol. The Balaban J connectivity index is 1.96. The Kier molecular flexibility index (Phi) is 5.98. The van der Waals surface area contributed by atoms with E-state index in [1.807, 2.05) is 38.1 Å². The number of nitrogens with one attached hydrogen (secondary N) is 1. The van der Waals surface area contributed by atoms with Crippen molar-refractivity contribution in [1.82, 2.24) is 0 Å². The van der Waals surface area contributed by atoms with Crippen molar-refractivity contribution in [3.8, 4) is 5.75 Å². The lowest BCUT2D eigenvalue weighted by Crippen LogP contribution is -2.22. The highest BCUT2D eigenvalue weighted by Gasteiger charge is 2.01. The summed E-state index contributed by atoms with van der Waals surface area (Å²) in [6.07, 6.45) is 0.131. The molecule has 3 N–H and O–H groups in total. The maximum atomic E-state index is 13.3. The molecular formula is C17H19BrFN3O. The number of rotatable bonds is 5. The molecule has 0 fully saturated rings. The number of aliphatic imine (C=N–C) groups is 1. The van der Waals surface area contributed by atoms with E-state index < -0.39 is 0 Å². The van der Waals surface area contributed by atoms with Gasteiger partial charge < -0.3 is 15.8 Å². The summed E-state index contributed by atoms with van der Waals surface area (Å²) in [5.41, 5.74) is 7.40. The van der Waals surface area contributed by atoms with Crippen LogP contribution in [0, 0.1) is 5.82 Å². The SMILES string of the molecule is CC(C)Oc1ccc(NC(N)=NCc2cc(F)cc(Br)c2)cc1. The lowest BCUT2D eigenvalue weighted by molar-refractivity contribution is 0.242. The molecule has 0 aliphatic carbocycles. The molecule has 0 saturated heterocycles. The van der Waals surface area contributed by atoms with Crippen LogP contribution >= 0.6 is 15.9 Å². The maximum absolute atomic E-state index is 13.3. The minimum Gasteiger partial charge on any atom is -0.491 e. The van der Waals surface area contributed by atoms with Crippen molar-refractivity contribution >= 4 is 27.6 Å². The number of ether oxygens (including phenoxy) is 1. The van der Waals surface area contributed by atoms with Gasteiger partial charge in [-0.3, -0.25) is 0 Å². The van der Waals surface area contributed by atoms with E-state index in [9.17, 15) is 4.39 Å². The van der Waals surface area contributed by atoms with E-state index in [0.29, 0.717) is 11.0 Å².